The summed E-state index contributed by atoms with van der Waals surface area (Å²) in [7, 11) is 0. The molecule has 1 heteroatoms. The SMILES string of the molecule is CC(C)(CNCC1CC2C=CC1C2)c1ccccc1. The van der Waals surface area contributed by atoms with Crippen molar-refractivity contribution in [3.05, 3.63) is 48.0 Å². The minimum absolute atomic E-state index is 0.217. The Kier molecular flexibility index (Phi) is 3.49. The summed E-state index contributed by atoms with van der Waals surface area (Å²) in [5.74, 6) is 2.62. The average molecular weight is 255 g/mol. The molecule has 1 saturated carbocycles. The zero-order chi connectivity index (χ0) is 13.3. The molecule has 1 N–H and O–H groups in total. The van der Waals surface area contributed by atoms with Crippen LogP contribution in [0.5, 0.6) is 0 Å². The second-order valence-corrected chi connectivity index (χ2v) is 6.92. The van der Waals surface area contributed by atoms with Gasteiger partial charge in [-0.25, -0.2) is 0 Å². The van der Waals surface area contributed by atoms with Crippen molar-refractivity contribution in [3.8, 4) is 0 Å². The largest absolute Gasteiger partial charge is 0.316 e. The highest BCUT2D eigenvalue weighted by Gasteiger charge is 2.35. The van der Waals surface area contributed by atoms with Gasteiger partial charge in [-0.1, -0.05) is 56.3 Å². The molecule has 0 radical (unpaired) electrons. The molecule has 0 spiro atoms. The molecule has 102 valence electrons. The molecule has 2 bridgehead atoms. The van der Waals surface area contributed by atoms with Crippen LogP contribution < -0.4 is 5.32 Å². The van der Waals surface area contributed by atoms with Gasteiger partial charge in [0.25, 0.3) is 0 Å². The lowest BCUT2D eigenvalue weighted by Gasteiger charge is -2.27. The van der Waals surface area contributed by atoms with Gasteiger partial charge in [-0.05, 0) is 42.7 Å². The van der Waals surface area contributed by atoms with Crippen LogP contribution in [0.4, 0.5) is 0 Å². The van der Waals surface area contributed by atoms with Crippen molar-refractivity contribution < 1.29 is 0 Å². The van der Waals surface area contributed by atoms with Gasteiger partial charge in [0, 0.05) is 12.0 Å². The zero-order valence-corrected chi connectivity index (χ0v) is 12.1. The molecule has 19 heavy (non-hydrogen) atoms. The van der Waals surface area contributed by atoms with Gasteiger partial charge in [0.05, 0.1) is 0 Å². The van der Waals surface area contributed by atoms with Crippen LogP contribution in [-0.4, -0.2) is 13.1 Å². The number of benzene rings is 1. The number of nitrogens with one attached hydrogen (secondary N) is 1. The van der Waals surface area contributed by atoms with Crippen LogP contribution in [0.25, 0.3) is 0 Å². The van der Waals surface area contributed by atoms with E-state index >= 15 is 0 Å². The molecular weight excluding hydrogens is 230 g/mol. The Balaban J connectivity index is 1.51. The summed E-state index contributed by atoms with van der Waals surface area (Å²) in [6.07, 6.45) is 7.69. The van der Waals surface area contributed by atoms with Crippen LogP contribution in [0.1, 0.15) is 32.3 Å². The predicted molar refractivity (Wildman–Crippen MR) is 81.2 cm³/mol. The molecule has 0 amide bonds. The molecule has 0 aromatic heterocycles. The first-order valence-corrected chi connectivity index (χ1v) is 7.60. The highest BCUT2D eigenvalue weighted by atomic mass is 14.9. The van der Waals surface area contributed by atoms with Crippen LogP contribution in [0, 0.1) is 17.8 Å². The van der Waals surface area contributed by atoms with Crippen LogP contribution in [0.2, 0.25) is 0 Å². The molecule has 1 aromatic carbocycles. The van der Waals surface area contributed by atoms with E-state index in [0.717, 1.165) is 24.3 Å². The molecule has 1 fully saturated rings. The number of hydrogen-bond donors (Lipinski definition) is 1. The monoisotopic (exact) mass is 255 g/mol. The van der Waals surface area contributed by atoms with Gasteiger partial charge in [-0.15, -0.1) is 0 Å². The van der Waals surface area contributed by atoms with Gasteiger partial charge < -0.3 is 5.32 Å². The number of fused-ring (bicyclic) bond motifs is 2. The van der Waals surface area contributed by atoms with Crippen LogP contribution in [0.3, 0.4) is 0 Å². The highest BCUT2D eigenvalue weighted by Crippen LogP contribution is 2.43. The van der Waals surface area contributed by atoms with Crippen molar-refractivity contribution in [3.63, 3.8) is 0 Å². The molecule has 0 saturated heterocycles. The second-order valence-electron chi connectivity index (χ2n) is 6.92. The van der Waals surface area contributed by atoms with E-state index in [1.54, 1.807) is 0 Å². The molecule has 3 unspecified atom stereocenters. The summed E-state index contributed by atoms with van der Waals surface area (Å²) < 4.78 is 0. The predicted octanol–water partition coefficient (Wildman–Crippen LogP) is 3.77. The lowest BCUT2D eigenvalue weighted by Crippen LogP contribution is -2.36. The van der Waals surface area contributed by atoms with Gasteiger partial charge in [0.1, 0.15) is 0 Å². The summed E-state index contributed by atoms with van der Waals surface area (Å²) in [5.41, 5.74) is 1.64. The van der Waals surface area contributed by atoms with Crippen molar-refractivity contribution in [2.75, 3.05) is 13.1 Å². The minimum atomic E-state index is 0.217. The van der Waals surface area contributed by atoms with E-state index < -0.39 is 0 Å². The second kappa shape index (κ2) is 5.13. The summed E-state index contributed by atoms with van der Waals surface area (Å²) >= 11 is 0. The number of rotatable bonds is 5. The normalized spacial score (nSPS) is 29.1. The van der Waals surface area contributed by atoms with Gasteiger partial charge >= 0.3 is 0 Å². The van der Waals surface area contributed by atoms with Crippen LogP contribution in [-0.2, 0) is 5.41 Å². The van der Waals surface area contributed by atoms with Gasteiger partial charge in [-0.3, -0.25) is 0 Å². The summed E-state index contributed by atoms with van der Waals surface area (Å²) in [6.45, 7) is 6.91. The fourth-order valence-corrected chi connectivity index (χ4v) is 3.69. The number of allylic oxidation sites excluding steroid dienone is 2. The summed E-state index contributed by atoms with van der Waals surface area (Å²) in [4.78, 5) is 0. The average Bonchev–Trinajstić information content (AvgIpc) is 3.02. The molecule has 3 atom stereocenters. The van der Waals surface area contributed by atoms with Crippen molar-refractivity contribution in [1.82, 2.24) is 5.32 Å². The molecule has 2 aliphatic carbocycles. The zero-order valence-electron chi connectivity index (χ0n) is 12.1. The Labute approximate surface area is 117 Å². The Hall–Kier alpha value is -1.08. The Morgan fingerprint density at radius 2 is 1.89 bits per heavy atom. The van der Waals surface area contributed by atoms with E-state index in [1.165, 1.54) is 24.9 Å². The van der Waals surface area contributed by atoms with E-state index in [0.29, 0.717) is 0 Å². The summed E-state index contributed by atoms with van der Waals surface area (Å²) in [6, 6.07) is 10.8. The minimum Gasteiger partial charge on any atom is -0.316 e. The lowest BCUT2D eigenvalue weighted by molar-refractivity contribution is 0.382. The first-order chi connectivity index (χ1) is 9.15. The van der Waals surface area contributed by atoms with Crippen molar-refractivity contribution in [2.24, 2.45) is 17.8 Å². The van der Waals surface area contributed by atoms with Gasteiger partial charge in [0.15, 0.2) is 0 Å². The van der Waals surface area contributed by atoms with Gasteiger partial charge in [-0.2, -0.15) is 0 Å². The first-order valence-electron chi connectivity index (χ1n) is 7.60. The maximum absolute atomic E-state index is 3.72. The highest BCUT2D eigenvalue weighted by molar-refractivity contribution is 5.23. The van der Waals surface area contributed by atoms with Crippen LogP contribution in [0.15, 0.2) is 42.5 Å². The Morgan fingerprint density at radius 1 is 1.11 bits per heavy atom. The third kappa shape index (κ3) is 2.76. The first kappa shape index (κ1) is 12.9. The smallest absolute Gasteiger partial charge is 0.00433 e. The van der Waals surface area contributed by atoms with Gasteiger partial charge in [0.2, 0.25) is 0 Å². The Morgan fingerprint density at radius 3 is 2.53 bits per heavy atom. The van der Waals surface area contributed by atoms with Crippen LogP contribution >= 0.6 is 0 Å². The molecule has 1 nitrogen and oxygen atoms in total. The molecule has 1 aromatic rings. The van der Waals surface area contributed by atoms with E-state index in [9.17, 15) is 0 Å². The number of hydrogen-bond acceptors (Lipinski definition) is 1. The third-order valence-corrected chi connectivity index (χ3v) is 4.95. The molecular formula is C18H25N. The Bertz CT molecular complexity index is 446. The summed E-state index contributed by atoms with van der Waals surface area (Å²) in [5, 5.41) is 3.72. The van der Waals surface area contributed by atoms with Crippen molar-refractivity contribution >= 4 is 0 Å². The third-order valence-electron chi connectivity index (χ3n) is 4.95. The quantitative estimate of drug-likeness (QED) is 0.790. The van der Waals surface area contributed by atoms with Crippen molar-refractivity contribution in [2.45, 2.75) is 32.1 Å². The molecule has 2 aliphatic rings. The van der Waals surface area contributed by atoms with E-state index in [2.05, 4.69) is 61.6 Å². The fraction of sp³-hybridized carbons (Fsp3) is 0.556. The van der Waals surface area contributed by atoms with E-state index in [4.69, 9.17) is 0 Å². The topological polar surface area (TPSA) is 12.0 Å². The standard InChI is InChI=1S/C18H25N/c1-18(2,17-6-4-3-5-7-17)13-19-12-16-11-14-8-9-15(16)10-14/h3-9,14-16,19H,10-13H2,1-2H3. The van der Waals surface area contributed by atoms with E-state index in [-0.39, 0.29) is 5.41 Å². The van der Waals surface area contributed by atoms with Crippen molar-refractivity contribution in [1.29, 1.82) is 0 Å². The molecule has 0 heterocycles. The maximum atomic E-state index is 3.72. The molecule has 0 aliphatic heterocycles. The lowest BCUT2D eigenvalue weighted by atomic mass is 9.84. The molecule has 3 rings (SSSR count). The maximum Gasteiger partial charge on any atom is 0.00433 e. The van der Waals surface area contributed by atoms with E-state index in [1.807, 2.05) is 0 Å². The fourth-order valence-electron chi connectivity index (χ4n) is 3.69.